The van der Waals surface area contributed by atoms with E-state index < -0.39 is 24.4 Å². The molecule has 2 N–H and O–H groups in total. The summed E-state index contributed by atoms with van der Waals surface area (Å²) < 4.78 is 12.6. The van der Waals surface area contributed by atoms with Crippen LogP contribution in [0.25, 0.3) is 6.08 Å². The minimum Gasteiger partial charge on any atom is -0.490 e. The largest absolute Gasteiger partial charge is 0.490 e. The Kier molecular flexibility index (Phi) is 8.90. The number of carbonyl (C=O) groups is 3. The average Bonchev–Trinajstić information content (AvgIpc) is 3.13. The third-order valence-corrected chi connectivity index (χ3v) is 6.74. The Morgan fingerprint density at radius 1 is 1.11 bits per heavy atom. The molecule has 0 atom stereocenters. The molecular weight excluding hydrogens is 621 g/mol. The van der Waals surface area contributed by atoms with Crippen LogP contribution < -0.4 is 20.1 Å². The third-order valence-electron chi connectivity index (χ3n) is 5.57. The van der Waals surface area contributed by atoms with Gasteiger partial charge >= 0.3 is 6.03 Å². The smallest absolute Gasteiger partial charge is 0.329 e. The van der Waals surface area contributed by atoms with Gasteiger partial charge in [-0.25, -0.2) is 9.69 Å². The molecule has 0 aliphatic carbocycles. The zero-order chi connectivity index (χ0) is 27.2. The number of benzene rings is 3. The number of amides is 4. The summed E-state index contributed by atoms with van der Waals surface area (Å²) in [6.07, 6.45) is 1.54. The summed E-state index contributed by atoms with van der Waals surface area (Å²) in [5.74, 6) is -0.0389. The number of anilines is 1. The molecule has 3 aromatic carbocycles. The number of nitrogens with one attached hydrogen (secondary N) is 2. The van der Waals surface area contributed by atoms with E-state index >= 15 is 0 Å². The lowest BCUT2D eigenvalue weighted by Gasteiger charge is -2.15. The Bertz CT molecular complexity index is 1410. The van der Waals surface area contributed by atoms with Crippen LogP contribution in [-0.2, 0) is 16.2 Å². The first-order chi connectivity index (χ1) is 18.2. The van der Waals surface area contributed by atoms with Crippen molar-refractivity contribution < 1.29 is 23.9 Å². The highest BCUT2D eigenvalue weighted by molar-refractivity contribution is 14.1. The number of hydrogen-bond acceptors (Lipinski definition) is 5. The van der Waals surface area contributed by atoms with Crippen molar-refractivity contribution in [2.75, 3.05) is 18.5 Å². The van der Waals surface area contributed by atoms with E-state index in [1.165, 1.54) is 0 Å². The summed E-state index contributed by atoms with van der Waals surface area (Å²) in [6, 6.07) is 17.5. The van der Waals surface area contributed by atoms with Crippen molar-refractivity contribution in [3.05, 3.63) is 91.6 Å². The summed E-state index contributed by atoms with van der Waals surface area (Å²) >= 11 is 8.38. The molecule has 38 heavy (non-hydrogen) atoms. The van der Waals surface area contributed by atoms with Crippen LogP contribution in [0.4, 0.5) is 10.5 Å². The molecule has 0 spiro atoms. The molecule has 1 fully saturated rings. The highest BCUT2D eigenvalue weighted by atomic mass is 127. The minimum atomic E-state index is -0.667. The maximum Gasteiger partial charge on any atom is 0.329 e. The molecule has 1 aliphatic rings. The van der Waals surface area contributed by atoms with Gasteiger partial charge in [-0.15, -0.1) is 0 Å². The Balaban J connectivity index is 1.49. The second kappa shape index (κ2) is 12.3. The van der Waals surface area contributed by atoms with Gasteiger partial charge in [-0.2, -0.15) is 0 Å². The van der Waals surface area contributed by atoms with Gasteiger partial charge in [-0.05, 0) is 78.4 Å². The molecule has 4 amide bonds. The fraction of sp³-hybridized carbons (Fsp3) is 0.179. The van der Waals surface area contributed by atoms with E-state index in [1.54, 1.807) is 30.3 Å². The molecule has 10 heteroatoms. The predicted molar refractivity (Wildman–Crippen MR) is 154 cm³/mol. The van der Waals surface area contributed by atoms with E-state index in [-0.39, 0.29) is 12.3 Å². The molecule has 0 bridgehead atoms. The Hall–Kier alpha value is -3.57. The molecule has 1 aliphatic heterocycles. The third kappa shape index (κ3) is 6.65. The molecule has 1 saturated heterocycles. The molecule has 0 aromatic heterocycles. The van der Waals surface area contributed by atoms with Crippen LogP contribution in [0, 0.1) is 10.5 Å². The second-order valence-electron chi connectivity index (χ2n) is 8.44. The van der Waals surface area contributed by atoms with Crippen molar-refractivity contribution in [1.82, 2.24) is 10.2 Å². The lowest BCUT2D eigenvalue weighted by atomic mass is 10.1. The summed E-state index contributed by atoms with van der Waals surface area (Å²) in [6.45, 7) is 4.04. The number of aryl methyl sites for hydroxylation is 1. The first-order valence-electron chi connectivity index (χ1n) is 11.8. The summed E-state index contributed by atoms with van der Waals surface area (Å²) in [4.78, 5) is 38.7. The first-order valence-corrected chi connectivity index (χ1v) is 13.2. The zero-order valence-electron chi connectivity index (χ0n) is 20.7. The summed E-state index contributed by atoms with van der Waals surface area (Å²) in [7, 11) is 0. The minimum absolute atomic E-state index is 0.0566. The van der Waals surface area contributed by atoms with E-state index in [9.17, 15) is 14.4 Å². The van der Waals surface area contributed by atoms with Gasteiger partial charge in [0.2, 0.25) is 5.91 Å². The van der Waals surface area contributed by atoms with Gasteiger partial charge in [0, 0.05) is 16.3 Å². The average molecular weight is 646 g/mol. The first kappa shape index (κ1) is 27.5. The van der Waals surface area contributed by atoms with Crippen molar-refractivity contribution in [3.8, 4) is 11.5 Å². The molecule has 0 saturated carbocycles. The van der Waals surface area contributed by atoms with Crippen molar-refractivity contribution in [2.45, 2.75) is 20.5 Å². The van der Waals surface area contributed by atoms with Crippen LogP contribution in [0.5, 0.6) is 11.5 Å². The number of halogens is 2. The van der Waals surface area contributed by atoms with Gasteiger partial charge in [0.05, 0.1) is 10.2 Å². The Morgan fingerprint density at radius 2 is 1.84 bits per heavy atom. The van der Waals surface area contributed by atoms with Crippen LogP contribution in [0.2, 0.25) is 5.02 Å². The normalized spacial score (nSPS) is 14.0. The Morgan fingerprint density at radius 3 is 2.55 bits per heavy atom. The number of rotatable bonds is 9. The van der Waals surface area contributed by atoms with Crippen molar-refractivity contribution in [3.63, 3.8) is 0 Å². The predicted octanol–water partition coefficient (Wildman–Crippen LogP) is 5.76. The van der Waals surface area contributed by atoms with Gasteiger partial charge in [-0.3, -0.25) is 9.59 Å². The van der Waals surface area contributed by atoms with Gasteiger partial charge < -0.3 is 20.1 Å². The quantitative estimate of drug-likeness (QED) is 0.175. The zero-order valence-corrected chi connectivity index (χ0v) is 23.6. The topological polar surface area (TPSA) is 97.0 Å². The molecule has 0 unspecified atom stereocenters. The van der Waals surface area contributed by atoms with E-state index in [0.29, 0.717) is 34.4 Å². The number of ether oxygens (including phenoxy) is 2. The Labute approximate surface area is 239 Å². The fourth-order valence-electron chi connectivity index (χ4n) is 3.70. The summed E-state index contributed by atoms with van der Waals surface area (Å²) in [5.41, 5.74) is 3.15. The fourth-order valence-corrected chi connectivity index (χ4v) is 4.67. The highest BCUT2D eigenvalue weighted by Crippen LogP contribution is 2.36. The second-order valence-corrected chi connectivity index (χ2v) is 10.0. The highest BCUT2D eigenvalue weighted by Gasteiger charge is 2.35. The number of urea groups is 1. The SMILES string of the molecule is CCOc1cc(/C=C2/NC(=O)N(CC(=O)Nc3ccc(C)cc3)C2=O)cc(I)c1OCc1ccccc1Cl. The lowest BCUT2D eigenvalue weighted by molar-refractivity contribution is -0.127. The molecular formula is C28H25ClIN3O5. The molecule has 0 radical (unpaired) electrons. The molecule has 3 aromatic rings. The van der Waals surface area contributed by atoms with Crippen LogP contribution in [0.15, 0.2) is 66.4 Å². The molecule has 4 rings (SSSR count). The van der Waals surface area contributed by atoms with Crippen LogP contribution in [-0.4, -0.2) is 35.9 Å². The van der Waals surface area contributed by atoms with E-state index in [0.717, 1.165) is 19.6 Å². The standard InChI is InChI=1S/C28H25ClIN3O5/c1-3-37-24-14-18(12-22(30)26(24)38-16-19-6-4-5-7-21(19)29)13-23-27(35)33(28(36)32-23)15-25(34)31-20-10-8-17(2)9-11-20/h4-14H,3,15-16H2,1-2H3,(H,31,34)(H,32,36)/b23-13+. The van der Waals surface area contributed by atoms with Gasteiger partial charge in [0.1, 0.15) is 18.8 Å². The van der Waals surface area contributed by atoms with E-state index in [1.807, 2.05) is 50.2 Å². The number of nitrogens with zero attached hydrogens (tertiary/aromatic N) is 1. The van der Waals surface area contributed by atoms with Crippen LogP contribution in [0.1, 0.15) is 23.6 Å². The monoisotopic (exact) mass is 645 g/mol. The van der Waals surface area contributed by atoms with E-state index in [4.69, 9.17) is 21.1 Å². The number of carbonyl (C=O) groups excluding carboxylic acids is 3. The number of imide groups is 1. The lowest BCUT2D eigenvalue weighted by Crippen LogP contribution is -2.38. The van der Waals surface area contributed by atoms with Crippen molar-refractivity contribution in [1.29, 1.82) is 0 Å². The van der Waals surface area contributed by atoms with Gasteiger partial charge in [0.25, 0.3) is 5.91 Å². The van der Waals surface area contributed by atoms with Crippen molar-refractivity contribution in [2.24, 2.45) is 0 Å². The maximum absolute atomic E-state index is 12.9. The van der Waals surface area contributed by atoms with Crippen LogP contribution >= 0.6 is 34.2 Å². The number of hydrogen-bond donors (Lipinski definition) is 2. The van der Waals surface area contributed by atoms with Crippen molar-refractivity contribution >= 4 is 63.8 Å². The van der Waals surface area contributed by atoms with Crippen LogP contribution in [0.3, 0.4) is 0 Å². The van der Waals surface area contributed by atoms with E-state index in [2.05, 4.69) is 33.2 Å². The van der Waals surface area contributed by atoms with Gasteiger partial charge in [0.15, 0.2) is 11.5 Å². The maximum atomic E-state index is 12.9. The van der Waals surface area contributed by atoms with Gasteiger partial charge in [-0.1, -0.05) is 47.5 Å². The molecule has 1 heterocycles. The molecule has 196 valence electrons. The molecule has 8 nitrogen and oxygen atoms in total. The summed E-state index contributed by atoms with van der Waals surface area (Å²) in [5, 5.41) is 5.84.